The molecular weight excluding hydrogens is 370 g/mol. The highest BCUT2D eigenvalue weighted by molar-refractivity contribution is 7.93. The van der Waals surface area contributed by atoms with Gasteiger partial charge in [-0.2, -0.15) is 4.31 Å². The van der Waals surface area contributed by atoms with Gasteiger partial charge in [-0.15, -0.1) is 0 Å². The minimum absolute atomic E-state index is 0.0587. The topological polar surface area (TPSA) is 54.5 Å². The van der Waals surface area contributed by atoms with Gasteiger partial charge in [0.1, 0.15) is 0 Å². The monoisotopic (exact) mass is 393 g/mol. The molecule has 0 fully saturated rings. The quantitative estimate of drug-likeness (QED) is 0.625. The second-order valence-corrected chi connectivity index (χ2v) is 9.34. The van der Waals surface area contributed by atoms with Crippen molar-refractivity contribution >= 4 is 21.6 Å². The lowest BCUT2D eigenvalue weighted by molar-refractivity contribution is 0.101. The smallest absolute Gasteiger partial charge is 0.268 e. The molecule has 0 saturated carbocycles. The molecule has 3 aromatic carbocycles. The van der Waals surface area contributed by atoms with Gasteiger partial charge >= 0.3 is 0 Å². The van der Waals surface area contributed by atoms with Crippen LogP contribution >= 0.6 is 0 Å². The first-order valence-corrected chi connectivity index (χ1v) is 10.5. The number of anilines is 1. The number of hydrogen-bond donors (Lipinski definition) is 0. The molecule has 144 valence electrons. The van der Waals surface area contributed by atoms with Crippen LogP contribution in [0.3, 0.4) is 0 Å². The number of benzene rings is 3. The van der Waals surface area contributed by atoms with E-state index in [9.17, 15) is 13.2 Å². The van der Waals surface area contributed by atoms with Gasteiger partial charge < -0.3 is 0 Å². The van der Waals surface area contributed by atoms with Crippen molar-refractivity contribution in [2.45, 2.75) is 31.1 Å². The fourth-order valence-electron chi connectivity index (χ4n) is 2.86. The van der Waals surface area contributed by atoms with Crippen molar-refractivity contribution in [2.24, 2.45) is 0 Å². The predicted octanol–water partition coefficient (Wildman–Crippen LogP) is 5.02. The molecule has 0 aliphatic heterocycles. The minimum Gasteiger partial charge on any atom is -0.268 e. The maximum Gasteiger partial charge on any atom is 0.272 e. The summed E-state index contributed by atoms with van der Waals surface area (Å²) in [5.41, 5.74) is 1.63. The standard InChI is InChI=1S/C23H23NO3S/c1-23(2,3)19-16-14-18(15-17-19)22(25)24(20-10-6-4-7-11-20)28(26,27)21-12-8-5-9-13-21/h4-17H,1-3H3. The van der Waals surface area contributed by atoms with Gasteiger partial charge in [0.15, 0.2) is 0 Å². The van der Waals surface area contributed by atoms with Crippen molar-refractivity contribution < 1.29 is 13.2 Å². The Morgan fingerprint density at radius 1 is 0.750 bits per heavy atom. The molecule has 1 amide bonds. The highest BCUT2D eigenvalue weighted by atomic mass is 32.2. The first-order valence-electron chi connectivity index (χ1n) is 9.01. The molecule has 28 heavy (non-hydrogen) atoms. The van der Waals surface area contributed by atoms with Gasteiger partial charge in [-0.1, -0.05) is 69.3 Å². The SMILES string of the molecule is CC(C)(C)c1ccc(C(=O)N(c2ccccc2)S(=O)(=O)c2ccccc2)cc1. The van der Waals surface area contributed by atoms with Gasteiger partial charge in [0.2, 0.25) is 0 Å². The Morgan fingerprint density at radius 3 is 1.75 bits per heavy atom. The summed E-state index contributed by atoms with van der Waals surface area (Å²) >= 11 is 0. The van der Waals surface area contributed by atoms with E-state index in [1.54, 1.807) is 60.7 Å². The molecule has 0 heterocycles. The average molecular weight is 394 g/mol. The van der Waals surface area contributed by atoms with Crippen LogP contribution in [0.2, 0.25) is 0 Å². The number of hydrogen-bond acceptors (Lipinski definition) is 3. The summed E-state index contributed by atoms with van der Waals surface area (Å²) in [6, 6.07) is 23.5. The lowest BCUT2D eigenvalue weighted by atomic mass is 9.87. The van der Waals surface area contributed by atoms with E-state index in [1.807, 2.05) is 12.1 Å². The van der Waals surface area contributed by atoms with Crippen LogP contribution in [0, 0.1) is 0 Å². The molecule has 0 aliphatic rings. The lowest BCUT2D eigenvalue weighted by Crippen LogP contribution is -2.37. The van der Waals surface area contributed by atoms with Crippen LogP contribution < -0.4 is 4.31 Å². The van der Waals surface area contributed by atoms with E-state index >= 15 is 0 Å². The van der Waals surface area contributed by atoms with E-state index in [2.05, 4.69) is 20.8 Å². The first kappa shape index (κ1) is 19.8. The number of sulfonamides is 1. The fraction of sp³-hybridized carbons (Fsp3) is 0.174. The van der Waals surface area contributed by atoms with Crippen molar-refractivity contribution in [1.29, 1.82) is 0 Å². The predicted molar refractivity (Wildman–Crippen MR) is 112 cm³/mol. The maximum atomic E-state index is 13.3. The van der Waals surface area contributed by atoms with Crippen molar-refractivity contribution in [3.8, 4) is 0 Å². The minimum atomic E-state index is -4.06. The Kier molecular flexibility index (Phi) is 5.38. The Hall–Kier alpha value is -2.92. The molecule has 0 N–H and O–H groups in total. The van der Waals surface area contributed by atoms with E-state index in [1.165, 1.54) is 12.1 Å². The summed E-state index contributed by atoms with van der Waals surface area (Å²) in [6.45, 7) is 6.25. The van der Waals surface area contributed by atoms with Crippen LogP contribution in [0.25, 0.3) is 0 Å². The summed E-state index contributed by atoms with van der Waals surface area (Å²) in [6.07, 6.45) is 0. The number of carbonyl (C=O) groups is 1. The summed E-state index contributed by atoms with van der Waals surface area (Å²) in [4.78, 5) is 13.3. The van der Waals surface area contributed by atoms with Crippen LogP contribution in [0.4, 0.5) is 5.69 Å². The van der Waals surface area contributed by atoms with E-state index in [0.717, 1.165) is 9.87 Å². The van der Waals surface area contributed by atoms with E-state index < -0.39 is 15.9 Å². The van der Waals surface area contributed by atoms with Crippen LogP contribution in [0.15, 0.2) is 89.8 Å². The van der Waals surface area contributed by atoms with Gasteiger partial charge in [0.25, 0.3) is 15.9 Å². The van der Waals surface area contributed by atoms with Crippen molar-refractivity contribution in [3.05, 3.63) is 96.1 Å². The van der Waals surface area contributed by atoms with Crippen LogP contribution in [0.5, 0.6) is 0 Å². The molecule has 0 unspecified atom stereocenters. The summed E-state index contributed by atoms with van der Waals surface area (Å²) < 4.78 is 27.4. The van der Waals surface area contributed by atoms with Gasteiger partial charge in [0, 0.05) is 5.56 Å². The molecule has 0 aromatic heterocycles. The molecule has 0 saturated heterocycles. The zero-order valence-corrected chi connectivity index (χ0v) is 17.0. The van der Waals surface area contributed by atoms with E-state index in [-0.39, 0.29) is 10.3 Å². The van der Waals surface area contributed by atoms with Gasteiger partial charge in [-0.25, -0.2) is 8.42 Å². The number of carbonyl (C=O) groups excluding carboxylic acids is 1. The summed E-state index contributed by atoms with van der Waals surface area (Å²) in [5.74, 6) is -0.587. The van der Waals surface area contributed by atoms with Crippen LogP contribution in [0.1, 0.15) is 36.7 Å². The zero-order chi connectivity index (χ0) is 20.4. The van der Waals surface area contributed by atoms with Crippen LogP contribution in [-0.4, -0.2) is 14.3 Å². The Balaban J connectivity index is 2.09. The molecule has 0 atom stereocenters. The summed E-state index contributed by atoms with van der Waals surface area (Å²) in [5, 5.41) is 0. The summed E-state index contributed by atoms with van der Waals surface area (Å²) in [7, 11) is -4.06. The van der Waals surface area contributed by atoms with Gasteiger partial charge in [-0.3, -0.25) is 4.79 Å². The van der Waals surface area contributed by atoms with Gasteiger partial charge in [0.05, 0.1) is 10.6 Å². The third-order valence-electron chi connectivity index (χ3n) is 4.45. The normalized spacial score (nSPS) is 11.8. The maximum absolute atomic E-state index is 13.3. The second-order valence-electron chi connectivity index (χ2n) is 7.55. The Morgan fingerprint density at radius 2 is 1.25 bits per heavy atom. The van der Waals surface area contributed by atoms with Crippen molar-refractivity contribution in [1.82, 2.24) is 0 Å². The highest BCUT2D eigenvalue weighted by Crippen LogP contribution is 2.27. The molecule has 0 bridgehead atoms. The largest absolute Gasteiger partial charge is 0.272 e. The Bertz CT molecular complexity index is 1050. The molecule has 3 rings (SSSR count). The molecule has 0 aliphatic carbocycles. The molecule has 5 heteroatoms. The Labute approximate surface area is 166 Å². The van der Waals surface area contributed by atoms with Crippen molar-refractivity contribution in [3.63, 3.8) is 0 Å². The molecule has 0 spiro atoms. The molecule has 3 aromatic rings. The van der Waals surface area contributed by atoms with Gasteiger partial charge in [-0.05, 0) is 47.4 Å². The fourth-order valence-corrected chi connectivity index (χ4v) is 4.29. The molecule has 0 radical (unpaired) electrons. The number of para-hydroxylation sites is 1. The first-order chi connectivity index (χ1) is 13.2. The highest BCUT2D eigenvalue weighted by Gasteiger charge is 2.31. The third kappa shape index (κ3) is 3.99. The zero-order valence-electron chi connectivity index (χ0n) is 16.2. The lowest BCUT2D eigenvalue weighted by Gasteiger charge is -2.23. The van der Waals surface area contributed by atoms with E-state index in [0.29, 0.717) is 11.3 Å². The van der Waals surface area contributed by atoms with Crippen LogP contribution in [-0.2, 0) is 15.4 Å². The molecular formula is C23H23NO3S. The number of nitrogens with zero attached hydrogens (tertiary/aromatic N) is 1. The molecule has 4 nitrogen and oxygen atoms in total. The second kappa shape index (κ2) is 7.60. The number of rotatable bonds is 4. The number of amides is 1. The van der Waals surface area contributed by atoms with E-state index in [4.69, 9.17) is 0 Å². The average Bonchev–Trinajstić information content (AvgIpc) is 2.69. The van der Waals surface area contributed by atoms with Crippen molar-refractivity contribution in [2.75, 3.05) is 4.31 Å². The third-order valence-corrected chi connectivity index (χ3v) is 6.18.